The molecule has 1 aliphatic heterocycles. The molecule has 0 spiro atoms. The zero-order valence-corrected chi connectivity index (χ0v) is 10.8. The summed E-state index contributed by atoms with van der Waals surface area (Å²) >= 11 is 0. The van der Waals surface area contributed by atoms with E-state index in [4.69, 9.17) is 0 Å². The van der Waals surface area contributed by atoms with E-state index in [0.29, 0.717) is 0 Å². The van der Waals surface area contributed by atoms with Crippen LogP contribution < -0.4 is 10.6 Å². The molecule has 2 aliphatic rings. The first kappa shape index (κ1) is 11.7. The molecular weight excluding hydrogens is 224 g/mol. The fraction of sp³-hybridized carbons (Fsp3) is 0.533. The molecule has 3 nitrogen and oxygen atoms in total. The molecule has 2 N–H and O–H groups in total. The summed E-state index contributed by atoms with van der Waals surface area (Å²) in [7, 11) is 0. The van der Waals surface area contributed by atoms with Crippen molar-refractivity contribution in [1.29, 1.82) is 0 Å². The summed E-state index contributed by atoms with van der Waals surface area (Å²) in [6, 6.07) is 8.28. The topological polar surface area (TPSA) is 41.1 Å². The number of hydrogen-bond acceptors (Lipinski definition) is 2. The Bertz CT molecular complexity index is 465. The van der Waals surface area contributed by atoms with Crippen molar-refractivity contribution in [1.82, 2.24) is 10.6 Å². The number of amides is 1. The lowest BCUT2D eigenvalue weighted by Crippen LogP contribution is -2.57. The van der Waals surface area contributed by atoms with Crippen LogP contribution in [0, 0.1) is 0 Å². The van der Waals surface area contributed by atoms with E-state index in [9.17, 15) is 4.79 Å². The molecular formula is C15H20N2O. The van der Waals surface area contributed by atoms with Gasteiger partial charge in [0, 0.05) is 12.1 Å². The molecule has 96 valence electrons. The van der Waals surface area contributed by atoms with Crippen LogP contribution in [0.15, 0.2) is 24.3 Å². The Hall–Kier alpha value is -1.35. The summed E-state index contributed by atoms with van der Waals surface area (Å²) in [5.74, 6) is 0.159. The maximum absolute atomic E-state index is 12.2. The first-order valence-electron chi connectivity index (χ1n) is 6.78. The van der Waals surface area contributed by atoms with Gasteiger partial charge in [-0.1, -0.05) is 24.3 Å². The minimum atomic E-state index is -0.0719. The van der Waals surface area contributed by atoms with Gasteiger partial charge in [0.1, 0.15) is 0 Å². The Labute approximate surface area is 108 Å². The molecule has 1 amide bonds. The second kappa shape index (κ2) is 4.39. The standard InChI is InChI=1S/C15H20N2O/c1-15(7-4-8-15)17-14(18)13-9-11-5-2-3-6-12(11)10-16-13/h2-3,5-6,13,16H,4,7-10H2,1H3,(H,17,18)/t13-/m1/s1. The minimum absolute atomic E-state index is 0.0513. The molecule has 0 unspecified atom stereocenters. The van der Waals surface area contributed by atoms with E-state index in [2.05, 4.69) is 35.8 Å². The molecule has 0 aromatic heterocycles. The molecule has 1 aromatic rings. The van der Waals surface area contributed by atoms with Crippen LogP contribution in [0.1, 0.15) is 37.3 Å². The van der Waals surface area contributed by atoms with Crippen molar-refractivity contribution in [2.24, 2.45) is 0 Å². The van der Waals surface area contributed by atoms with Gasteiger partial charge in [-0.05, 0) is 43.7 Å². The van der Waals surface area contributed by atoms with Crippen molar-refractivity contribution >= 4 is 5.91 Å². The molecule has 0 bridgehead atoms. The molecule has 1 atom stereocenters. The average molecular weight is 244 g/mol. The Morgan fingerprint density at radius 2 is 2.06 bits per heavy atom. The monoisotopic (exact) mass is 244 g/mol. The molecule has 18 heavy (non-hydrogen) atoms. The largest absolute Gasteiger partial charge is 0.350 e. The Balaban J connectivity index is 1.66. The fourth-order valence-corrected chi connectivity index (χ4v) is 2.86. The number of benzene rings is 1. The molecule has 1 aliphatic carbocycles. The van der Waals surface area contributed by atoms with Crippen molar-refractivity contribution in [2.45, 2.75) is 50.7 Å². The third-order valence-corrected chi connectivity index (χ3v) is 4.28. The van der Waals surface area contributed by atoms with Crippen molar-refractivity contribution in [3.63, 3.8) is 0 Å². The highest BCUT2D eigenvalue weighted by molar-refractivity contribution is 5.83. The van der Waals surface area contributed by atoms with E-state index in [1.165, 1.54) is 17.5 Å². The summed E-state index contributed by atoms with van der Waals surface area (Å²) in [6.07, 6.45) is 4.26. The molecule has 3 rings (SSSR count). The van der Waals surface area contributed by atoms with Crippen molar-refractivity contribution in [3.8, 4) is 0 Å². The fourth-order valence-electron chi connectivity index (χ4n) is 2.86. The van der Waals surface area contributed by atoms with Gasteiger partial charge in [-0.3, -0.25) is 4.79 Å². The van der Waals surface area contributed by atoms with E-state index in [1.54, 1.807) is 0 Å². The summed E-state index contributed by atoms with van der Waals surface area (Å²) in [5.41, 5.74) is 2.67. The van der Waals surface area contributed by atoms with Crippen LogP contribution in [0.5, 0.6) is 0 Å². The highest BCUT2D eigenvalue weighted by atomic mass is 16.2. The molecule has 1 aromatic carbocycles. The van der Waals surface area contributed by atoms with Crippen LogP contribution in [-0.4, -0.2) is 17.5 Å². The van der Waals surface area contributed by atoms with Gasteiger partial charge in [0.2, 0.25) is 5.91 Å². The van der Waals surface area contributed by atoms with Gasteiger partial charge in [0.05, 0.1) is 6.04 Å². The molecule has 1 fully saturated rings. The van der Waals surface area contributed by atoms with Crippen molar-refractivity contribution in [3.05, 3.63) is 35.4 Å². The lowest BCUT2D eigenvalue weighted by molar-refractivity contribution is -0.126. The van der Waals surface area contributed by atoms with Crippen LogP contribution in [0.25, 0.3) is 0 Å². The molecule has 3 heteroatoms. The highest BCUT2D eigenvalue weighted by Crippen LogP contribution is 2.31. The Kier molecular flexibility index (Phi) is 2.86. The SMILES string of the molecule is CC1(NC(=O)[C@H]2Cc3ccccc3CN2)CCC1. The lowest BCUT2D eigenvalue weighted by Gasteiger charge is -2.40. The quantitative estimate of drug-likeness (QED) is 0.832. The number of rotatable bonds is 2. The zero-order valence-electron chi connectivity index (χ0n) is 10.8. The first-order valence-corrected chi connectivity index (χ1v) is 6.78. The van der Waals surface area contributed by atoms with E-state index < -0.39 is 0 Å². The molecule has 1 saturated carbocycles. The van der Waals surface area contributed by atoms with Crippen molar-refractivity contribution < 1.29 is 4.79 Å². The average Bonchev–Trinajstić information content (AvgIpc) is 2.36. The Morgan fingerprint density at radius 3 is 2.72 bits per heavy atom. The summed E-state index contributed by atoms with van der Waals surface area (Å²) in [5, 5.41) is 6.53. The number of hydrogen-bond donors (Lipinski definition) is 2. The lowest BCUT2D eigenvalue weighted by atomic mass is 9.78. The summed E-state index contributed by atoms with van der Waals surface area (Å²) in [4.78, 5) is 12.2. The van der Waals surface area contributed by atoms with Gasteiger partial charge >= 0.3 is 0 Å². The summed E-state index contributed by atoms with van der Waals surface area (Å²) in [6.45, 7) is 2.94. The van der Waals surface area contributed by atoms with E-state index in [1.807, 2.05) is 6.07 Å². The zero-order chi connectivity index (χ0) is 12.6. The van der Waals surface area contributed by atoms with E-state index >= 15 is 0 Å². The van der Waals surface area contributed by atoms with Crippen LogP contribution in [0.4, 0.5) is 0 Å². The molecule has 0 radical (unpaired) electrons. The Morgan fingerprint density at radius 1 is 1.33 bits per heavy atom. The minimum Gasteiger partial charge on any atom is -0.350 e. The van der Waals surface area contributed by atoms with Crippen LogP contribution in [0.3, 0.4) is 0 Å². The third-order valence-electron chi connectivity index (χ3n) is 4.28. The van der Waals surface area contributed by atoms with Gasteiger partial charge in [0.15, 0.2) is 0 Å². The predicted octanol–water partition coefficient (Wildman–Crippen LogP) is 1.76. The smallest absolute Gasteiger partial charge is 0.237 e. The summed E-state index contributed by atoms with van der Waals surface area (Å²) < 4.78 is 0. The van der Waals surface area contributed by atoms with Gasteiger partial charge in [0.25, 0.3) is 0 Å². The molecule has 1 heterocycles. The van der Waals surface area contributed by atoms with E-state index in [0.717, 1.165) is 25.8 Å². The maximum atomic E-state index is 12.2. The van der Waals surface area contributed by atoms with Crippen molar-refractivity contribution in [2.75, 3.05) is 0 Å². The number of carbonyl (C=O) groups is 1. The number of fused-ring (bicyclic) bond motifs is 1. The normalized spacial score (nSPS) is 24.8. The molecule has 0 saturated heterocycles. The second-order valence-corrected chi connectivity index (χ2v) is 5.81. The van der Waals surface area contributed by atoms with Crippen LogP contribution >= 0.6 is 0 Å². The number of nitrogens with one attached hydrogen (secondary N) is 2. The first-order chi connectivity index (χ1) is 8.66. The number of carbonyl (C=O) groups excluding carboxylic acids is 1. The predicted molar refractivity (Wildman–Crippen MR) is 71.2 cm³/mol. The third kappa shape index (κ3) is 2.15. The second-order valence-electron chi connectivity index (χ2n) is 5.81. The van der Waals surface area contributed by atoms with E-state index in [-0.39, 0.29) is 17.5 Å². The van der Waals surface area contributed by atoms with Crippen LogP contribution in [-0.2, 0) is 17.8 Å². The van der Waals surface area contributed by atoms with Gasteiger partial charge in [-0.2, -0.15) is 0 Å². The maximum Gasteiger partial charge on any atom is 0.237 e. The van der Waals surface area contributed by atoms with Gasteiger partial charge in [-0.15, -0.1) is 0 Å². The highest BCUT2D eigenvalue weighted by Gasteiger charge is 2.35. The van der Waals surface area contributed by atoms with Gasteiger partial charge in [-0.25, -0.2) is 0 Å². The van der Waals surface area contributed by atoms with Gasteiger partial charge < -0.3 is 10.6 Å². The van der Waals surface area contributed by atoms with Crippen LogP contribution in [0.2, 0.25) is 0 Å².